The maximum Gasteiger partial charge on any atom is 0.181 e. The largest absolute Gasteiger partial charge is 0.372 e. The van der Waals surface area contributed by atoms with E-state index in [1.165, 1.54) is 16.3 Å². The highest BCUT2D eigenvalue weighted by molar-refractivity contribution is 8.03. The Labute approximate surface area is 166 Å². The normalized spacial score (nSPS) is 14.8. The van der Waals surface area contributed by atoms with Gasteiger partial charge in [0, 0.05) is 36.3 Å². The van der Waals surface area contributed by atoms with E-state index in [0.29, 0.717) is 0 Å². The number of para-hydroxylation sites is 1. The Balaban J connectivity index is 1.70. The second-order valence-corrected chi connectivity index (χ2v) is 7.36. The summed E-state index contributed by atoms with van der Waals surface area (Å²) in [5, 5.41) is 0.991. The van der Waals surface area contributed by atoms with Gasteiger partial charge in [-0.3, -0.25) is 4.79 Å². The topological polar surface area (TPSA) is 23.6 Å². The molecule has 0 spiro atoms. The summed E-state index contributed by atoms with van der Waals surface area (Å²) in [6.07, 6.45) is 5.26. The fourth-order valence-electron chi connectivity index (χ4n) is 3.22. The fraction of sp³-hybridized carbons (Fsp3) is 0.261. The highest BCUT2D eigenvalue weighted by Gasteiger charge is 2.23. The Hall–Kier alpha value is -2.46. The van der Waals surface area contributed by atoms with Crippen LogP contribution < -0.4 is 9.80 Å². The zero-order valence-electron chi connectivity index (χ0n) is 16.2. The Morgan fingerprint density at radius 2 is 1.74 bits per heavy atom. The molecule has 3 rings (SSSR count). The summed E-state index contributed by atoms with van der Waals surface area (Å²) in [5.41, 5.74) is 3.43. The van der Waals surface area contributed by atoms with E-state index in [9.17, 15) is 4.79 Å². The van der Waals surface area contributed by atoms with Crippen LogP contribution in [0.4, 0.5) is 11.4 Å². The van der Waals surface area contributed by atoms with E-state index in [2.05, 4.69) is 67.0 Å². The van der Waals surface area contributed by atoms with Crippen LogP contribution in [0.5, 0.6) is 0 Å². The van der Waals surface area contributed by atoms with Crippen molar-refractivity contribution in [3.8, 4) is 0 Å². The fourth-order valence-corrected chi connectivity index (χ4v) is 4.39. The van der Waals surface area contributed by atoms with E-state index in [1.807, 2.05) is 18.2 Å². The molecule has 0 bridgehead atoms. The van der Waals surface area contributed by atoms with Crippen LogP contribution in [-0.4, -0.2) is 25.4 Å². The predicted octanol–water partition coefficient (Wildman–Crippen LogP) is 5.59. The van der Waals surface area contributed by atoms with Crippen LogP contribution in [0.1, 0.15) is 26.3 Å². The second kappa shape index (κ2) is 8.96. The number of allylic oxidation sites excluding steroid dienone is 2. The van der Waals surface area contributed by atoms with Crippen molar-refractivity contribution < 1.29 is 4.79 Å². The van der Waals surface area contributed by atoms with Gasteiger partial charge in [-0.25, -0.2) is 0 Å². The van der Waals surface area contributed by atoms with Crippen molar-refractivity contribution in [3.05, 3.63) is 71.3 Å². The molecule has 1 aliphatic rings. The van der Waals surface area contributed by atoms with E-state index in [0.717, 1.165) is 30.2 Å². The third-order valence-corrected chi connectivity index (χ3v) is 5.79. The number of anilines is 2. The summed E-state index contributed by atoms with van der Waals surface area (Å²) in [6, 6.07) is 16.6. The third-order valence-electron chi connectivity index (χ3n) is 4.68. The first-order chi connectivity index (χ1) is 13.2. The number of carbonyl (C=O) groups excluding carboxylic acids is 1. The molecule has 0 amide bonds. The van der Waals surface area contributed by atoms with Gasteiger partial charge >= 0.3 is 0 Å². The molecule has 0 saturated heterocycles. The lowest BCUT2D eigenvalue weighted by Gasteiger charge is -2.20. The molecule has 0 aliphatic carbocycles. The summed E-state index contributed by atoms with van der Waals surface area (Å²) < 4.78 is 0. The minimum absolute atomic E-state index is 0.0107. The van der Waals surface area contributed by atoms with Crippen LogP contribution >= 0.6 is 11.8 Å². The van der Waals surface area contributed by atoms with Crippen molar-refractivity contribution in [2.75, 3.05) is 29.4 Å². The highest BCUT2D eigenvalue weighted by Crippen LogP contribution is 2.45. The van der Waals surface area contributed by atoms with Gasteiger partial charge in [0.05, 0.1) is 10.7 Å². The van der Waals surface area contributed by atoms with E-state index in [4.69, 9.17) is 0 Å². The monoisotopic (exact) mass is 378 g/mol. The lowest BCUT2D eigenvalue weighted by molar-refractivity contribution is -0.110. The Bertz CT molecular complexity index is 851. The van der Waals surface area contributed by atoms with Crippen LogP contribution in [-0.2, 0) is 4.79 Å². The first kappa shape index (κ1) is 19.3. The van der Waals surface area contributed by atoms with Crippen molar-refractivity contribution in [3.63, 3.8) is 0 Å². The predicted molar refractivity (Wildman–Crippen MR) is 117 cm³/mol. The molecule has 2 aromatic rings. The molecular weight excluding hydrogens is 352 g/mol. The Kier molecular flexibility index (Phi) is 6.40. The number of benzene rings is 2. The molecular formula is C23H26N2OS. The Morgan fingerprint density at radius 1 is 1.04 bits per heavy atom. The standard InChI is InChI=1S/C23H26N2OS/c1-4-24(5-2)19-14-11-18(12-15-19)13-16-20(26)17-23-25(6-3)21-9-7-8-10-22(21)27-23/h7-17H,4-6H2,1-3H3/b16-13+,23-17?. The lowest BCUT2D eigenvalue weighted by atomic mass is 10.1. The SMILES string of the molecule is CCN(CC)c1ccc(/C=C/C(=O)C=C2Sc3ccccc3N2CC)cc1. The lowest BCUT2D eigenvalue weighted by Crippen LogP contribution is -2.21. The van der Waals surface area contributed by atoms with Gasteiger partial charge in [-0.05, 0) is 56.7 Å². The molecule has 1 aliphatic heterocycles. The number of hydrogen-bond acceptors (Lipinski definition) is 4. The molecule has 4 heteroatoms. The summed E-state index contributed by atoms with van der Waals surface area (Å²) in [5.74, 6) is 0.0107. The minimum atomic E-state index is 0.0107. The van der Waals surface area contributed by atoms with Gasteiger partial charge in [-0.15, -0.1) is 0 Å². The van der Waals surface area contributed by atoms with Gasteiger partial charge in [0.25, 0.3) is 0 Å². The maximum atomic E-state index is 12.4. The minimum Gasteiger partial charge on any atom is -0.372 e. The van der Waals surface area contributed by atoms with Gasteiger partial charge in [-0.2, -0.15) is 0 Å². The van der Waals surface area contributed by atoms with Crippen molar-refractivity contribution in [2.24, 2.45) is 0 Å². The van der Waals surface area contributed by atoms with Crippen LogP contribution in [0.15, 0.2) is 70.6 Å². The number of carbonyl (C=O) groups is 1. The maximum absolute atomic E-state index is 12.4. The zero-order valence-corrected chi connectivity index (χ0v) is 17.0. The van der Waals surface area contributed by atoms with Crippen molar-refractivity contribution >= 4 is 35.0 Å². The molecule has 0 unspecified atom stereocenters. The molecule has 0 aromatic heterocycles. The van der Waals surface area contributed by atoms with Gasteiger partial charge < -0.3 is 9.80 Å². The number of ketones is 1. The number of hydrogen-bond donors (Lipinski definition) is 0. The average Bonchev–Trinajstić information content (AvgIpc) is 3.05. The van der Waals surface area contributed by atoms with Crippen molar-refractivity contribution in [2.45, 2.75) is 25.7 Å². The van der Waals surface area contributed by atoms with Crippen LogP contribution in [0.2, 0.25) is 0 Å². The number of nitrogens with zero attached hydrogens (tertiary/aromatic N) is 2. The van der Waals surface area contributed by atoms with E-state index in [-0.39, 0.29) is 5.78 Å². The first-order valence-corrected chi connectivity index (χ1v) is 10.3. The number of fused-ring (bicyclic) bond motifs is 1. The van der Waals surface area contributed by atoms with Crippen LogP contribution in [0.25, 0.3) is 6.08 Å². The summed E-state index contributed by atoms with van der Waals surface area (Å²) >= 11 is 1.66. The number of rotatable bonds is 7. The summed E-state index contributed by atoms with van der Waals surface area (Å²) in [7, 11) is 0. The van der Waals surface area contributed by atoms with Gasteiger partial charge in [-0.1, -0.05) is 42.1 Å². The smallest absolute Gasteiger partial charge is 0.181 e. The van der Waals surface area contributed by atoms with Gasteiger partial charge in [0.1, 0.15) is 0 Å². The average molecular weight is 379 g/mol. The highest BCUT2D eigenvalue weighted by atomic mass is 32.2. The number of thioether (sulfide) groups is 1. The quantitative estimate of drug-likeness (QED) is 0.586. The summed E-state index contributed by atoms with van der Waals surface area (Å²) in [6.45, 7) is 9.25. The molecule has 27 heavy (non-hydrogen) atoms. The molecule has 0 fully saturated rings. The van der Waals surface area contributed by atoms with Gasteiger partial charge in [0.2, 0.25) is 0 Å². The molecule has 3 nitrogen and oxygen atoms in total. The molecule has 0 radical (unpaired) electrons. The molecule has 2 aromatic carbocycles. The molecule has 0 saturated carbocycles. The van der Waals surface area contributed by atoms with E-state index >= 15 is 0 Å². The molecule has 0 N–H and O–H groups in total. The molecule has 0 atom stereocenters. The van der Waals surface area contributed by atoms with Crippen molar-refractivity contribution in [1.82, 2.24) is 0 Å². The zero-order chi connectivity index (χ0) is 19.2. The first-order valence-electron chi connectivity index (χ1n) is 9.49. The molecule has 140 valence electrons. The van der Waals surface area contributed by atoms with Crippen LogP contribution in [0, 0.1) is 0 Å². The van der Waals surface area contributed by atoms with Crippen LogP contribution in [0.3, 0.4) is 0 Å². The van der Waals surface area contributed by atoms with Crippen molar-refractivity contribution in [1.29, 1.82) is 0 Å². The molecule has 1 heterocycles. The van der Waals surface area contributed by atoms with E-state index < -0.39 is 0 Å². The second-order valence-electron chi connectivity index (χ2n) is 6.30. The van der Waals surface area contributed by atoms with Gasteiger partial charge in [0.15, 0.2) is 5.78 Å². The van der Waals surface area contributed by atoms with E-state index in [1.54, 1.807) is 23.9 Å². The Morgan fingerprint density at radius 3 is 2.41 bits per heavy atom. The third kappa shape index (κ3) is 4.45. The summed E-state index contributed by atoms with van der Waals surface area (Å²) in [4.78, 5) is 18.1.